The van der Waals surface area contributed by atoms with Crippen LogP contribution in [0.2, 0.25) is 0 Å². The van der Waals surface area contributed by atoms with Crippen LogP contribution in [0.1, 0.15) is 5.56 Å². The topological polar surface area (TPSA) is 48.8 Å². The van der Waals surface area contributed by atoms with Gasteiger partial charge < -0.3 is 14.7 Å². The van der Waals surface area contributed by atoms with Crippen molar-refractivity contribution in [2.45, 2.75) is 13.0 Å². The highest BCUT2D eigenvalue weighted by Gasteiger charge is 2.20. The Labute approximate surface area is 157 Å². The second-order valence-electron chi connectivity index (χ2n) is 6.40. The molecule has 0 aliphatic carbocycles. The van der Waals surface area contributed by atoms with Crippen molar-refractivity contribution in [2.24, 2.45) is 0 Å². The molecule has 1 saturated heterocycles. The van der Waals surface area contributed by atoms with Gasteiger partial charge in [-0.15, -0.1) is 0 Å². The number of pyridine rings is 1. The Morgan fingerprint density at radius 3 is 2.48 bits per heavy atom. The number of benzene rings is 1. The van der Waals surface area contributed by atoms with Crippen molar-refractivity contribution in [2.75, 3.05) is 44.2 Å². The van der Waals surface area contributed by atoms with E-state index >= 15 is 0 Å². The third-order valence-corrected chi connectivity index (χ3v) is 4.81. The summed E-state index contributed by atoms with van der Waals surface area (Å²) >= 11 is 3.41. The highest BCUT2D eigenvalue weighted by molar-refractivity contribution is 9.10. The number of aromatic nitrogens is 1. The maximum absolute atomic E-state index is 10.2. The standard InChI is InChI=1S/C19H24BrN3O2/c1-15-2-5-18(6-3-15)25-14-17(24)13-22-8-10-23(11-9-22)19-7-4-16(20)12-21-19/h2-7,12,17,24H,8-11,13-14H2,1H3. The zero-order chi connectivity index (χ0) is 17.6. The zero-order valence-corrected chi connectivity index (χ0v) is 16.0. The number of piperazine rings is 1. The molecule has 0 radical (unpaired) electrons. The molecular weight excluding hydrogens is 382 g/mol. The van der Waals surface area contributed by atoms with Crippen LogP contribution in [0.4, 0.5) is 5.82 Å². The summed E-state index contributed by atoms with van der Waals surface area (Å²) in [6.45, 7) is 6.66. The van der Waals surface area contributed by atoms with Gasteiger partial charge in [0.25, 0.3) is 0 Å². The molecule has 0 amide bonds. The van der Waals surface area contributed by atoms with Gasteiger partial charge in [0.15, 0.2) is 0 Å². The fourth-order valence-electron chi connectivity index (χ4n) is 2.89. The zero-order valence-electron chi connectivity index (χ0n) is 14.4. The van der Waals surface area contributed by atoms with E-state index in [-0.39, 0.29) is 0 Å². The Bertz CT molecular complexity index is 655. The van der Waals surface area contributed by atoms with E-state index in [1.807, 2.05) is 49.5 Å². The second kappa shape index (κ2) is 8.65. The summed E-state index contributed by atoms with van der Waals surface area (Å²) in [4.78, 5) is 9.00. The van der Waals surface area contributed by atoms with Crippen LogP contribution in [-0.4, -0.2) is 60.4 Å². The van der Waals surface area contributed by atoms with Gasteiger partial charge >= 0.3 is 0 Å². The molecule has 1 aromatic carbocycles. The summed E-state index contributed by atoms with van der Waals surface area (Å²) in [6, 6.07) is 11.9. The predicted octanol–water partition coefficient (Wildman–Crippen LogP) is 2.71. The number of aryl methyl sites for hydroxylation is 1. The Kier molecular flexibility index (Phi) is 6.29. The number of β-amino-alcohol motifs (C(OH)–C–C–N with tert-alkyl or cyclic N) is 1. The van der Waals surface area contributed by atoms with Crippen LogP contribution in [0.3, 0.4) is 0 Å². The number of aliphatic hydroxyl groups excluding tert-OH is 1. The first kappa shape index (κ1) is 18.2. The van der Waals surface area contributed by atoms with E-state index in [2.05, 4.69) is 30.7 Å². The molecule has 6 heteroatoms. The van der Waals surface area contributed by atoms with Gasteiger partial charge in [0.2, 0.25) is 0 Å². The van der Waals surface area contributed by atoms with E-state index in [9.17, 15) is 5.11 Å². The van der Waals surface area contributed by atoms with Gasteiger partial charge in [-0.3, -0.25) is 4.90 Å². The number of hydrogen-bond acceptors (Lipinski definition) is 5. The number of rotatable bonds is 6. The monoisotopic (exact) mass is 405 g/mol. The van der Waals surface area contributed by atoms with Gasteiger partial charge in [0.05, 0.1) is 0 Å². The predicted molar refractivity (Wildman–Crippen MR) is 103 cm³/mol. The van der Waals surface area contributed by atoms with Crippen molar-refractivity contribution >= 4 is 21.7 Å². The molecule has 1 aromatic heterocycles. The third kappa shape index (κ3) is 5.42. The van der Waals surface area contributed by atoms with Crippen molar-refractivity contribution in [1.82, 2.24) is 9.88 Å². The van der Waals surface area contributed by atoms with Crippen LogP contribution >= 0.6 is 15.9 Å². The molecular formula is C19H24BrN3O2. The van der Waals surface area contributed by atoms with Crippen LogP contribution in [-0.2, 0) is 0 Å². The van der Waals surface area contributed by atoms with Crippen LogP contribution < -0.4 is 9.64 Å². The van der Waals surface area contributed by atoms with E-state index in [1.165, 1.54) is 5.56 Å². The summed E-state index contributed by atoms with van der Waals surface area (Å²) in [7, 11) is 0. The summed E-state index contributed by atoms with van der Waals surface area (Å²) < 4.78 is 6.66. The van der Waals surface area contributed by atoms with E-state index in [0.29, 0.717) is 13.2 Å². The van der Waals surface area contributed by atoms with Gasteiger partial charge in [-0.2, -0.15) is 0 Å². The van der Waals surface area contributed by atoms with Gasteiger partial charge in [-0.25, -0.2) is 4.98 Å². The Hall–Kier alpha value is -1.63. The Morgan fingerprint density at radius 1 is 1.12 bits per heavy atom. The molecule has 1 fully saturated rings. The van der Waals surface area contributed by atoms with Crippen molar-refractivity contribution < 1.29 is 9.84 Å². The minimum atomic E-state index is -0.487. The van der Waals surface area contributed by atoms with E-state index in [0.717, 1.165) is 42.2 Å². The lowest BCUT2D eigenvalue weighted by atomic mass is 10.2. The first-order valence-electron chi connectivity index (χ1n) is 8.56. The largest absolute Gasteiger partial charge is 0.491 e. The lowest BCUT2D eigenvalue weighted by Gasteiger charge is -2.36. The van der Waals surface area contributed by atoms with Gasteiger partial charge in [-0.1, -0.05) is 17.7 Å². The fraction of sp³-hybridized carbons (Fsp3) is 0.421. The van der Waals surface area contributed by atoms with Gasteiger partial charge in [0.1, 0.15) is 24.3 Å². The van der Waals surface area contributed by atoms with E-state index < -0.39 is 6.10 Å². The summed E-state index contributed by atoms with van der Waals surface area (Å²) in [5.74, 6) is 1.81. The molecule has 5 nitrogen and oxygen atoms in total. The lowest BCUT2D eigenvalue weighted by molar-refractivity contribution is 0.0662. The third-order valence-electron chi connectivity index (χ3n) is 4.34. The average molecular weight is 406 g/mol. The number of aliphatic hydroxyl groups is 1. The SMILES string of the molecule is Cc1ccc(OCC(O)CN2CCN(c3ccc(Br)cn3)CC2)cc1. The number of anilines is 1. The minimum absolute atomic E-state index is 0.317. The molecule has 1 atom stereocenters. The van der Waals surface area contributed by atoms with Crippen molar-refractivity contribution in [3.8, 4) is 5.75 Å². The smallest absolute Gasteiger partial charge is 0.128 e. The molecule has 25 heavy (non-hydrogen) atoms. The van der Waals surface area contributed by atoms with E-state index in [1.54, 1.807) is 0 Å². The molecule has 1 N–H and O–H groups in total. The van der Waals surface area contributed by atoms with Gasteiger partial charge in [-0.05, 0) is 47.1 Å². The average Bonchev–Trinajstić information content (AvgIpc) is 2.63. The molecule has 1 unspecified atom stereocenters. The maximum Gasteiger partial charge on any atom is 0.128 e. The molecule has 0 saturated carbocycles. The highest BCUT2D eigenvalue weighted by atomic mass is 79.9. The quantitative estimate of drug-likeness (QED) is 0.800. The molecule has 2 aromatic rings. The van der Waals surface area contributed by atoms with Gasteiger partial charge in [0, 0.05) is 43.4 Å². The highest BCUT2D eigenvalue weighted by Crippen LogP contribution is 2.17. The van der Waals surface area contributed by atoms with Crippen LogP contribution in [0.25, 0.3) is 0 Å². The minimum Gasteiger partial charge on any atom is -0.491 e. The number of hydrogen-bond donors (Lipinski definition) is 1. The number of ether oxygens (including phenoxy) is 1. The Balaban J connectivity index is 1.40. The summed E-state index contributed by atoms with van der Waals surface area (Å²) in [6.07, 6.45) is 1.34. The first-order chi connectivity index (χ1) is 12.1. The molecule has 0 spiro atoms. The second-order valence-corrected chi connectivity index (χ2v) is 7.32. The van der Waals surface area contributed by atoms with Crippen molar-refractivity contribution in [1.29, 1.82) is 0 Å². The number of nitrogens with zero attached hydrogens (tertiary/aromatic N) is 3. The van der Waals surface area contributed by atoms with Crippen molar-refractivity contribution in [3.05, 3.63) is 52.6 Å². The van der Waals surface area contributed by atoms with Crippen molar-refractivity contribution in [3.63, 3.8) is 0 Å². The molecule has 1 aliphatic heterocycles. The van der Waals surface area contributed by atoms with Crippen LogP contribution in [0.5, 0.6) is 5.75 Å². The molecule has 2 heterocycles. The van der Waals surface area contributed by atoms with E-state index in [4.69, 9.17) is 4.74 Å². The normalized spacial score (nSPS) is 16.7. The summed E-state index contributed by atoms with van der Waals surface area (Å²) in [5.41, 5.74) is 1.20. The summed E-state index contributed by atoms with van der Waals surface area (Å²) in [5, 5.41) is 10.2. The maximum atomic E-state index is 10.2. The van der Waals surface area contributed by atoms with Crippen LogP contribution in [0.15, 0.2) is 47.1 Å². The number of halogens is 1. The lowest BCUT2D eigenvalue weighted by Crippen LogP contribution is -2.49. The van der Waals surface area contributed by atoms with Crippen LogP contribution in [0, 0.1) is 6.92 Å². The molecule has 0 bridgehead atoms. The molecule has 1 aliphatic rings. The first-order valence-corrected chi connectivity index (χ1v) is 9.36. The molecule has 134 valence electrons. The fourth-order valence-corrected chi connectivity index (χ4v) is 3.13. The Morgan fingerprint density at radius 2 is 1.84 bits per heavy atom. The molecule has 3 rings (SSSR count).